The number of piperidine rings is 1. The Kier molecular flexibility index (Phi) is 2.98. The van der Waals surface area contributed by atoms with Crippen LogP contribution in [0, 0.1) is 5.92 Å². The first-order valence-corrected chi connectivity index (χ1v) is 6.28. The lowest BCUT2D eigenvalue weighted by atomic mass is 9.97. The predicted molar refractivity (Wildman–Crippen MR) is 70.3 cm³/mol. The molecule has 1 aliphatic heterocycles. The molecule has 3 N–H and O–H groups in total. The zero-order valence-corrected chi connectivity index (χ0v) is 10.1. The van der Waals surface area contributed by atoms with Gasteiger partial charge in [0.2, 0.25) is 5.91 Å². The highest BCUT2D eigenvalue weighted by molar-refractivity contribution is 6.00. The van der Waals surface area contributed by atoms with Crippen LogP contribution in [-0.2, 0) is 4.79 Å². The number of carbonyl (C=O) groups excluding carboxylic acids is 1. The number of nitrogens with zero attached hydrogens (tertiary/aromatic N) is 1. The van der Waals surface area contributed by atoms with Gasteiger partial charge in [-0.3, -0.25) is 4.79 Å². The molecule has 0 spiro atoms. The Morgan fingerprint density at radius 2 is 2.17 bits per heavy atom. The van der Waals surface area contributed by atoms with Crippen LogP contribution in [0.1, 0.15) is 12.8 Å². The standard InChI is InChI=1S/C13H16N4O/c18-13(9-1-5-14-6-2-9)17-11-4-8-16-12-10(11)3-7-15-12/h3-4,7-9,14H,1-2,5-6H2,(H2,15,16,17,18). The number of aromatic amines is 1. The molecule has 0 unspecified atom stereocenters. The number of nitrogens with one attached hydrogen (secondary N) is 3. The van der Waals surface area contributed by atoms with Gasteiger partial charge < -0.3 is 15.6 Å². The van der Waals surface area contributed by atoms with E-state index in [-0.39, 0.29) is 11.8 Å². The van der Waals surface area contributed by atoms with Crippen LogP contribution in [-0.4, -0.2) is 29.0 Å². The molecule has 0 bridgehead atoms. The van der Waals surface area contributed by atoms with Crippen molar-refractivity contribution in [3.8, 4) is 0 Å². The fraction of sp³-hybridized carbons (Fsp3) is 0.385. The topological polar surface area (TPSA) is 69.8 Å². The van der Waals surface area contributed by atoms with Crippen molar-refractivity contribution in [1.29, 1.82) is 0 Å². The third-order valence-corrected chi connectivity index (χ3v) is 3.43. The molecule has 2 aromatic heterocycles. The molecular formula is C13H16N4O. The molecule has 1 amide bonds. The summed E-state index contributed by atoms with van der Waals surface area (Å²) in [4.78, 5) is 19.4. The summed E-state index contributed by atoms with van der Waals surface area (Å²) in [6, 6.07) is 3.77. The second-order valence-electron chi connectivity index (χ2n) is 4.61. The van der Waals surface area contributed by atoms with Crippen LogP contribution in [0.15, 0.2) is 24.5 Å². The number of H-pyrrole nitrogens is 1. The molecule has 18 heavy (non-hydrogen) atoms. The zero-order chi connectivity index (χ0) is 12.4. The Bertz CT molecular complexity index is 557. The van der Waals surface area contributed by atoms with Gasteiger partial charge >= 0.3 is 0 Å². The van der Waals surface area contributed by atoms with E-state index < -0.39 is 0 Å². The van der Waals surface area contributed by atoms with E-state index in [1.54, 1.807) is 6.20 Å². The lowest BCUT2D eigenvalue weighted by Gasteiger charge is -2.21. The van der Waals surface area contributed by atoms with E-state index >= 15 is 0 Å². The van der Waals surface area contributed by atoms with Gasteiger partial charge in [-0.15, -0.1) is 0 Å². The molecule has 0 atom stereocenters. The fourth-order valence-electron chi connectivity index (χ4n) is 2.39. The molecule has 3 heterocycles. The molecule has 2 aromatic rings. The smallest absolute Gasteiger partial charge is 0.227 e. The van der Waals surface area contributed by atoms with Crippen molar-refractivity contribution >= 4 is 22.6 Å². The summed E-state index contributed by atoms with van der Waals surface area (Å²) in [7, 11) is 0. The summed E-state index contributed by atoms with van der Waals surface area (Å²) in [5, 5.41) is 7.24. The summed E-state index contributed by atoms with van der Waals surface area (Å²) in [6.45, 7) is 1.85. The maximum Gasteiger partial charge on any atom is 0.227 e. The van der Waals surface area contributed by atoms with Gasteiger partial charge in [0, 0.05) is 23.7 Å². The van der Waals surface area contributed by atoms with Crippen LogP contribution < -0.4 is 10.6 Å². The van der Waals surface area contributed by atoms with E-state index in [0.29, 0.717) is 0 Å². The van der Waals surface area contributed by atoms with Crippen LogP contribution in [0.3, 0.4) is 0 Å². The molecule has 3 rings (SSSR count). The number of anilines is 1. The van der Waals surface area contributed by atoms with Crippen LogP contribution >= 0.6 is 0 Å². The van der Waals surface area contributed by atoms with Gasteiger partial charge in [0.15, 0.2) is 0 Å². The minimum Gasteiger partial charge on any atom is -0.346 e. The normalized spacial score (nSPS) is 16.9. The Labute approximate surface area is 105 Å². The first-order valence-electron chi connectivity index (χ1n) is 6.28. The number of hydrogen-bond donors (Lipinski definition) is 3. The number of aromatic nitrogens is 2. The quantitative estimate of drug-likeness (QED) is 0.749. The van der Waals surface area contributed by atoms with Crippen LogP contribution in [0.5, 0.6) is 0 Å². The molecule has 0 radical (unpaired) electrons. The van der Waals surface area contributed by atoms with Crippen LogP contribution in [0.2, 0.25) is 0 Å². The van der Waals surface area contributed by atoms with Crippen LogP contribution in [0.4, 0.5) is 5.69 Å². The molecule has 1 aliphatic rings. The minimum atomic E-state index is 0.116. The number of fused-ring (bicyclic) bond motifs is 1. The van der Waals surface area contributed by atoms with Gasteiger partial charge in [-0.1, -0.05) is 0 Å². The first kappa shape index (κ1) is 11.2. The molecule has 5 heteroatoms. The monoisotopic (exact) mass is 244 g/mol. The summed E-state index contributed by atoms with van der Waals surface area (Å²) < 4.78 is 0. The molecule has 0 aliphatic carbocycles. The van der Waals surface area contributed by atoms with Gasteiger partial charge in [0.05, 0.1) is 5.69 Å². The highest BCUT2D eigenvalue weighted by Gasteiger charge is 2.21. The second-order valence-corrected chi connectivity index (χ2v) is 4.61. The summed E-state index contributed by atoms with van der Waals surface area (Å²) in [5.41, 5.74) is 1.64. The molecular weight excluding hydrogens is 228 g/mol. The largest absolute Gasteiger partial charge is 0.346 e. The maximum atomic E-state index is 12.2. The van der Waals surface area contributed by atoms with E-state index in [2.05, 4.69) is 20.6 Å². The Hall–Kier alpha value is -1.88. The van der Waals surface area contributed by atoms with Crippen molar-refractivity contribution in [1.82, 2.24) is 15.3 Å². The average molecular weight is 244 g/mol. The van der Waals surface area contributed by atoms with Gasteiger partial charge in [-0.2, -0.15) is 0 Å². The van der Waals surface area contributed by atoms with E-state index in [4.69, 9.17) is 0 Å². The fourth-order valence-corrected chi connectivity index (χ4v) is 2.39. The lowest BCUT2D eigenvalue weighted by molar-refractivity contribution is -0.120. The number of rotatable bonds is 2. The summed E-state index contributed by atoms with van der Waals surface area (Å²) in [5.74, 6) is 0.235. The van der Waals surface area contributed by atoms with Gasteiger partial charge in [0.1, 0.15) is 5.65 Å². The molecule has 1 saturated heterocycles. The van der Waals surface area contributed by atoms with Gasteiger partial charge in [-0.25, -0.2) is 4.98 Å². The zero-order valence-electron chi connectivity index (χ0n) is 10.1. The minimum absolute atomic E-state index is 0.116. The van der Waals surface area contributed by atoms with E-state index in [9.17, 15) is 4.79 Å². The number of amides is 1. The molecule has 5 nitrogen and oxygen atoms in total. The van der Waals surface area contributed by atoms with Crippen molar-refractivity contribution in [3.63, 3.8) is 0 Å². The Morgan fingerprint density at radius 3 is 3.00 bits per heavy atom. The summed E-state index contributed by atoms with van der Waals surface area (Å²) in [6.07, 6.45) is 5.36. The highest BCUT2D eigenvalue weighted by Crippen LogP contribution is 2.22. The summed E-state index contributed by atoms with van der Waals surface area (Å²) >= 11 is 0. The first-order chi connectivity index (χ1) is 8.84. The Morgan fingerprint density at radius 1 is 1.33 bits per heavy atom. The molecule has 1 fully saturated rings. The van der Waals surface area contributed by atoms with Crippen molar-refractivity contribution in [2.24, 2.45) is 5.92 Å². The number of carbonyl (C=O) groups is 1. The lowest BCUT2D eigenvalue weighted by Crippen LogP contribution is -2.34. The molecule has 0 saturated carbocycles. The highest BCUT2D eigenvalue weighted by atomic mass is 16.1. The van der Waals surface area contributed by atoms with E-state index in [0.717, 1.165) is 42.7 Å². The molecule has 94 valence electrons. The van der Waals surface area contributed by atoms with Crippen molar-refractivity contribution in [2.75, 3.05) is 18.4 Å². The van der Waals surface area contributed by atoms with E-state index in [1.807, 2.05) is 18.3 Å². The van der Waals surface area contributed by atoms with Gasteiger partial charge in [0.25, 0.3) is 0 Å². The third kappa shape index (κ3) is 2.09. The van der Waals surface area contributed by atoms with Gasteiger partial charge in [-0.05, 0) is 38.1 Å². The van der Waals surface area contributed by atoms with Crippen LogP contribution in [0.25, 0.3) is 11.0 Å². The van der Waals surface area contributed by atoms with Crippen molar-refractivity contribution < 1.29 is 4.79 Å². The van der Waals surface area contributed by atoms with E-state index in [1.165, 1.54) is 0 Å². The maximum absolute atomic E-state index is 12.2. The number of hydrogen-bond acceptors (Lipinski definition) is 3. The van der Waals surface area contributed by atoms with Crippen molar-refractivity contribution in [2.45, 2.75) is 12.8 Å². The third-order valence-electron chi connectivity index (χ3n) is 3.43. The SMILES string of the molecule is O=C(Nc1ccnc2[nH]ccc12)C1CCNCC1. The Balaban J connectivity index is 1.79. The number of pyridine rings is 1. The predicted octanol–water partition coefficient (Wildman–Crippen LogP) is 1.50. The molecule has 0 aromatic carbocycles. The second kappa shape index (κ2) is 4.78. The average Bonchev–Trinajstić information content (AvgIpc) is 2.89. The van der Waals surface area contributed by atoms with Crippen molar-refractivity contribution in [3.05, 3.63) is 24.5 Å².